The minimum Gasteiger partial charge on any atom is -0.454 e. The number of benzene rings is 2. The van der Waals surface area contributed by atoms with Gasteiger partial charge in [-0.05, 0) is 36.8 Å². The molecule has 1 fully saturated rings. The first kappa shape index (κ1) is 22.4. The molecule has 1 unspecified atom stereocenters. The van der Waals surface area contributed by atoms with Crippen molar-refractivity contribution in [1.29, 1.82) is 0 Å². The zero-order valence-corrected chi connectivity index (χ0v) is 18.6. The Kier molecular flexibility index (Phi) is 5.86. The normalized spacial score (nSPS) is 18.8. The lowest BCUT2D eigenvalue weighted by molar-refractivity contribution is -0.139. The topological polar surface area (TPSA) is 117 Å². The fourth-order valence-electron chi connectivity index (χ4n) is 3.56. The lowest BCUT2D eigenvalue weighted by Crippen LogP contribution is -2.45. The van der Waals surface area contributed by atoms with Crippen LogP contribution in [0.4, 0.5) is 10.5 Å². The van der Waals surface area contributed by atoms with Crippen molar-refractivity contribution in [1.82, 2.24) is 15.1 Å². The molecular formula is C22H21ClN4O6. The Labute approximate surface area is 194 Å². The first-order valence-electron chi connectivity index (χ1n) is 10.0. The van der Waals surface area contributed by atoms with E-state index in [1.54, 1.807) is 49.4 Å². The molecule has 2 N–H and O–H groups in total. The van der Waals surface area contributed by atoms with Gasteiger partial charge in [0.15, 0.2) is 11.5 Å². The van der Waals surface area contributed by atoms with E-state index in [1.165, 1.54) is 7.05 Å². The maximum atomic E-state index is 13.1. The SMILES string of the molecule is CN(CC(=O)Nc1ccccc1Cl)C(=O)CN1C(=O)NC(C)(c2ccc3c(c2)OCO3)C1=O. The van der Waals surface area contributed by atoms with Gasteiger partial charge in [-0.1, -0.05) is 29.8 Å². The molecule has 10 nitrogen and oxygen atoms in total. The molecule has 1 atom stereocenters. The van der Waals surface area contributed by atoms with E-state index < -0.39 is 35.8 Å². The number of anilines is 1. The number of hydrogen-bond acceptors (Lipinski definition) is 6. The highest BCUT2D eigenvalue weighted by Crippen LogP contribution is 2.37. The smallest absolute Gasteiger partial charge is 0.325 e. The molecule has 0 bridgehead atoms. The number of rotatable bonds is 6. The standard InChI is InChI=1S/C22H21ClN4O6/c1-22(13-7-8-16-17(9-13)33-12-32-16)20(30)27(21(31)25-22)11-19(29)26(2)10-18(28)24-15-6-4-3-5-14(15)23/h3-9H,10-12H2,1-2H3,(H,24,28)(H,25,31). The Morgan fingerprint density at radius 2 is 1.91 bits per heavy atom. The molecule has 172 valence electrons. The number of nitrogens with one attached hydrogen (secondary N) is 2. The number of halogens is 1. The van der Waals surface area contributed by atoms with Gasteiger partial charge in [-0.15, -0.1) is 0 Å². The number of fused-ring (bicyclic) bond motifs is 1. The van der Waals surface area contributed by atoms with E-state index in [4.69, 9.17) is 21.1 Å². The van der Waals surface area contributed by atoms with E-state index in [1.807, 2.05) is 0 Å². The van der Waals surface area contributed by atoms with Crippen molar-refractivity contribution in [3.05, 3.63) is 53.1 Å². The van der Waals surface area contributed by atoms with Gasteiger partial charge in [0.2, 0.25) is 18.6 Å². The minimum absolute atomic E-state index is 0.0762. The van der Waals surface area contributed by atoms with Crippen molar-refractivity contribution in [3.8, 4) is 11.5 Å². The summed E-state index contributed by atoms with van der Waals surface area (Å²) in [5.74, 6) is -0.629. The maximum Gasteiger partial charge on any atom is 0.325 e. The molecule has 2 aliphatic heterocycles. The summed E-state index contributed by atoms with van der Waals surface area (Å²) in [7, 11) is 1.41. The minimum atomic E-state index is -1.38. The molecule has 4 rings (SSSR count). The third-order valence-corrected chi connectivity index (χ3v) is 5.80. The summed E-state index contributed by atoms with van der Waals surface area (Å²) in [5.41, 5.74) is -0.468. The highest BCUT2D eigenvalue weighted by Gasteiger charge is 2.50. The largest absolute Gasteiger partial charge is 0.454 e. The Bertz CT molecular complexity index is 1160. The Morgan fingerprint density at radius 3 is 2.67 bits per heavy atom. The van der Waals surface area contributed by atoms with Crippen LogP contribution in [0.25, 0.3) is 0 Å². The van der Waals surface area contributed by atoms with Crippen molar-refractivity contribution in [2.75, 3.05) is 32.2 Å². The number of urea groups is 1. The van der Waals surface area contributed by atoms with Crippen LogP contribution in [0, 0.1) is 0 Å². The third kappa shape index (κ3) is 4.29. The van der Waals surface area contributed by atoms with Crippen molar-refractivity contribution in [3.63, 3.8) is 0 Å². The predicted molar refractivity (Wildman–Crippen MR) is 118 cm³/mol. The summed E-state index contributed by atoms with van der Waals surface area (Å²) in [6.45, 7) is 0.830. The monoisotopic (exact) mass is 472 g/mol. The van der Waals surface area contributed by atoms with Gasteiger partial charge in [0.1, 0.15) is 12.1 Å². The molecule has 11 heteroatoms. The molecule has 0 aromatic heterocycles. The van der Waals surface area contributed by atoms with E-state index in [0.717, 1.165) is 9.80 Å². The maximum absolute atomic E-state index is 13.1. The van der Waals surface area contributed by atoms with E-state index in [0.29, 0.717) is 27.8 Å². The van der Waals surface area contributed by atoms with Crippen LogP contribution in [-0.2, 0) is 19.9 Å². The summed E-state index contributed by atoms with van der Waals surface area (Å²) < 4.78 is 10.6. The van der Waals surface area contributed by atoms with Crippen molar-refractivity contribution in [2.24, 2.45) is 0 Å². The number of ether oxygens (including phenoxy) is 2. The molecule has 2 aliphatic rings. The number of amides is 5. The molecule has 2 aromatic carbocycles. The second-order valence-corrected chi connectivity index (χ2v) is 8.20. The Morgan fingerprint density at radius 1 is 1.18 bits per heavy atom. The second kappa shape index (κ2) is 8.62. The lowest BCUT2D eigenvalue weighted by Gasteiger charge is -2.23. The zero-order chi connectivity index (χ0) is 23.8. The van der Waals surface area contributed by atoms with Gasteiger partial charge < -0.3 is 25.0 Å². The average molecular weight is 473 g/mol. The molecule has 1 saturated heterocycles. The number of para-hydroxylation sites is 1. The molecule has 0 saturated carbocycles. The van der Waals surface area contributed by atoms with Gasteiger partial charge in [0.05, 0.1) is 17.3 Å². The van der Waals surface area contributed by atoms with Gasteiger partial charge in [-0.3, -0.25) is 19.3 Å². The predicted octanol–water partition coefficient (Wildman–Crippen LogP) is 1.93. The molecule has 0 aliphatic carbocycles. The van der Waals surface area contributed by atoms with Crippen LogP contribution in [0.3, 0.4) is 0 Å². The first-order chi connectivity index (χ1) is 15.7. The summed E-state index contributed by atoms with van der Waals surface area (Å²) in [4.78, 5) is 52.5. The highest BCUT2D eigenvalue weighted by atomic mass is 35.5. The van der Waals surface area contributed by atoms with E-state index >= 15 is 0 Å². The summed E-state index contributed by atoms with van der Waals surface area (Å²) >= 11 is 6.02. The van der Waals surface area contributed by atoms with Crippen LogP contribution in [-0.4, -0.2) is 60.5 Å². The van der Waals surface area contributed by atoms with Crippen molar-refractivity contribution < 1.29 is 28.7 Å². The van der Waals surface area contributed by atoms with Gasteiger partial charge in [-0.25, -0.2) is 4.79 Å². The van der Waals surface area contributed by atoms with E-state index in [-0.39, 0.29) is 13.3 Å². The number of hydrogen-bond donors (Lipinski definition) is 2. The van der Waals surface area contributed by atoms with Gasteiger partial charge in [0.25, 0.3) is 5.91 Å². The first-order valence-corrected chi connectivity index (χ1v) is 10.4. The number of imide groups is 1. The average Bonchev–Trinajstić information content (AvgIpc) is 3.33. The fourth-order valence-corrected chi connectivity index (χ4v) is 3.74. The third-order valence-electron chi connectivity index (χ3n) is 5.47. The summed E-state index contributed by atoms with van der Waals surface area (Å²) in [6, 6.07) is 10.9. The van der Waals surface area contributed by atoms with Gasteiger partial charge in [-0.2, -0.15) is 0 Å². The quantitative estimate of drug-likeness (QED) is 0.620. The summed E-state index contributed by atoms with van der Waals surface area (Å²) in [6.07, 6.45) is 0. The molecular weight excluding hydrogens is 452 g/mol. The number of likely N-dealkylation sites (N-methyl/N-ethyl adjacent to an activating group) is 1. The van der Waals surface area contributed by atoms with Crippen LogP contribution in [0.1, 0.15) is 12.5 Å². The van der Waals surface area contributed by atoms with E-state index in [9.17, 15) is 19.2 Å². The molecule has 0 spiro atoms. The molecule has 0 radical (unpaired) electrons. The molecule has 2 heterocycles. The van der Waals surface area contributed by atoms with Gasteiger partial charge in [0, 0.05) is 7.05 Å². The molecule has 5 amide bonds. The van der Waals surface area contributed by atoms with Crippen LogP contribution >= 0.6 is 11.6 Å². The van der Waals surface area contributed by atoms with Crippen LogP contribution in [0.15, 0.2) is 42.5 Å². The van der Waals surface area contributed by atoms with Crippen molar-refractivity contribution in [2.45, 2.75) is 12.5 Å². The number of nitrogens with zero attached hydrogens (tertiary/aromatic N) is 2. The second-order valence-electron chi connectivity index (χ2n) is 7.79. The van der Waals surface area contributed by atoms with Crippen LogP contribution in [0.2, 0.25) is 5.02 Å². The van der Waals surface area contributed by atoms with Crippen molar-refractivity contribution >= 4 is 41.0 Å². The molecule has 33 heavy (non-hydrogen) atoms. The zero-order valence-electron chi connectivity index (χ0n) is 17.9. The summed E-state index contributed by atoms with van der Waals surface area (Å²) in [5, 5.41) is 5.62. The van der Waals surface area contributed by atoms with E-state index in [2.05, 4.69) is 10.6 Å². The van der Waals surface area contributed by atoms with Crippen LogP contribution < -0.4 is 20.1 Å². The molecule has 2 aromatic rings. The Hall–Kier alpha value is -3.79. The number of carbonyl (C=O) groups excluding carboxylic acids is 4. The fraction of sp³-hybridized carbons (Fsp3) is 0.273. The van der Waals surface area contributed by atoms with Gasteiger partial charge >= 0.3 is 6.03 Å². The number of carbonyl (C=O) groups is 4. The van der Waals surface area contributed by atoms with Crippen LogP contribution in [0.5, 0.6) is 11.5 Å². The Balaban J connectivity index is 1.40. The lowest BCUT2D eigenvalue weighted by atomic mass is 9.91. The highest BCUT2D eigenvalue weighted by molar-refractivity contribution is 6.33.